The molecule has 16 heavy (non-hydrogen) atoms. The van der Waals surface area contributed by atoms with Crippen molar-refractivity contribution in [2.75, 3.05) is 19.0 Å². The standard InChI is InChI=1S/C11H21ClN2O2/c1-3-9(4-2)11(16)14-8-7-13-10(15)5-6-12/h9H,3-8H2,1-2H3,(H,13,15)(H,14,16). The van der Waals surface area contributed by atoms with Crippen LogP contribution in [0.25, 0.3) is 0 Å². The average Bonchev–Trinajstić information content (AvgIpc) is 2.26. The average molecular weight is 249 g/mol. The molecule has 0 aliphatic carbocycles. The van der Waals surface area contributed by atoms with Gasteiger partial charge in [0.1, 0.15) is 0 Å². The zero-order valence-corrected chi connectivity index (χ0v) is 10.8. The molecule has 0 saturated carbocycles. The minimum absolute atomic E-state index is 0.0663. The van der Waals surface area contributed by atoms with Gasteiger partial charge in [-0.05, 0) is 12.8 Å². The number of alkyl halides is 1. The summed E-state index contributed by atoms with van der Waals surface area (Å²) in [6.07, 6.45) is 2.02. The maximum absolute atomic E-state index is 11.5. The third kappa shape index (κ3) is 6.67. The molecule has 2 amide bonds. The summed E-state index contributed by atoms with van der Waals surface area (Å²) in [5.74, 6) is 0.397. The molecule has 0 fully saturated rings. The van der Waals surface area contributed by atoms with Gasteiger partial charge in [0.15, 0.2) is 0 Å². The molecule has 0 atom stereocenters. The Kier molecular flexibility index (Phi) is 9.00. The van der Waals surface area contributed by atoms with E-state index in [4.69, 9.17) is 11.6 Å². The summed E-state index contributed by atoms with van der Waals surface area (Å²) < 4.78 is 0. The summed E-state index contributed by atoms with van der Waals surface area (Å²) in [6.45, 7) is 4.93. The number of hydrogen-bond donors (Lipinski definition) is 2. The molecule has 0 aromatic heterocycles. The molecule has 0 aliphatic heterocycles. The van der Waals surface area contributed by atoms with Crippen LogP contribution in [0.2, 0.25) is 0 Å². The number of carbonyl (C=O) groups is 2. The van der Waals surface area contributed by atoms with Crippen molar-refractivity contribution >= 4 is 23.4 Å². The largest absolute Gasteiger partial charge is 0.354 e. The second kappa shape index (κ2) is 9.46. The van der Waals surface area contributed by atoms with Crippen LogP contribution < -0.4 is 10.6 Å². The molecule has 94 valence electrons. The highest BCUT2D eigenvalue weighted by molar-refractivity contribution is 6.18. The SMILES string of the molecule is CCC(CC)C(=O)NCCNC(=O)CCCl. The van der Waals surface area contributed by atoms with Crippen LogP contribution in [0.15, 0.2) is 0 Å². The van der Waals surface area contributed by atoms with Crippen LogP contribution in [0.5, 0.6) is 0 Å². The maximum atomic E-state index is 11.5. The summed E-state index contributed by atoms with van der Waals surface area (Å²) in [7, 11) is 0. The summed E-state index contributed by atoms with van der Waals surface area (Å²) in [6, 6.07) is 0. The zero-order chi connectivity index (χ0) is 12.4. The molecular weight excluding hydrogens is 228 g/mol. The van der Waals surface area contributed by atoms with Crippen LogP contribution in [0.4, 0.5) is 0 Å². The van der Waals surface area contributed by atoms with Crippen molar-refractivity contribution in [3.05, 3.63) is 0 Å². The third-order valence-electron chi connectivity index (χ3n) is 2.42. The lowest BCUT2D eigenvalue weighted by Gasteiger charge is -2.12. The van der Waals surface area contributed by atoms with E-state index in [0.29, 0.717) is 25.4 Å². The zero-order valence-electron chi connectivity index (χ0n) is 10.0. The number of nitrogens with one attached hydrogen (secondary N) is 2. The van der Waals surface area contributed by atoms with E-state index in [1.807, 2.05) is 13.8 Å². The first kappa shape index (κ1) is 15.2. The van der Waals surface area contributed by atoms with Crippen LogP contribution in [-0.4, -0.2) is 30.8 Å². The minimum Gasteiger partial charge on any atom is -0.354 e. The Balaban J connectivity index is 3.58. The van der Waals surface area contributed by atoms with E-state index < -0.39 is 0 Å². The second-order valence-corrected chi connectivity index (χ2v) is 3.97. The molecule has 4 nitrogen and oxygen atoms in total. The van der Waals surface area contributed by atoms with Gasteiger partial charge in [-0.25, -0.2) is 0 Å². The van der Waals surface area contributed by atoms with Crippen molar-refractivity contribution in [1.29, 1.82) is 0 Å². The van der Waals surface area contributed by atoms with Crippen LogP contribution in [-0.2, 0) is 9.59 Å². The molecule has 5 heteroatoms. The number of hydrogen-bond acceptors (Lipinski definition) is 2. The van der Waals surface area contributed by atoms with Gasteiger partial charge in [-0.1, -0.05) is 13.8 Å². The normalized spacial score (nSPS) is 10.2. The molecule has 0 spiro atoms. The van der Waals surface area contributed by atoms with E-state index >= 15 is 0 Å². The molecule has 0 aromatic rings. The number of halogens is 1. The maximum Gasteiger partial charge on any atom is 0.223 e. The van der Waals surface area contributed by atoms with Gasteiger partial charge in [-0.3, -0.25) is 9.59 Å². The summed E-state index contributed by atoms with van der Waals surface area (Å²) >= 11 is 5.41. The lowest BCUT2D eigenvalue weighted by Crippen LogP contribution is -2.37. The Labute approximate surface area is 102 Å². The van der Waals surface area contributed by atoms with Gasteiger partial charge in [0, 0.05) is 31.3 Å². The van der Waals surface area contributed by atoms with E-state index in [2.05, 4.69) is 10.6 Å². The first-order valence-electron chi connectivity index (χ1n) is 5.76. The number of amides is 2. The molecule has 0 heterocycles. The highest BCUT2D eigenvalue weighted by atomic mass is 35.5. The fraction of sp³-hybridized carbons (Fsp3) is 0.818. The van der Waals surface area contributed by atoms with Gasteiger partial charge in [0.25, 0.3) is 0 Å². The van der Waals surface area contributed by atoms with Crippen molar-refractivity contribution in [2.24, 2.45) is 5.92 Å². The Morgan fingerprint density at radius 2 is 1.69 bits per heavy atom. The predicted molar refractivity (Wildman–Crippen MR) is 65.4 cm³/mol. The predicted octanol–water partition coefficient (Wildman–Crippen LogP) is 1.28. The van der Waals surface area contributed by atoms with Crippen LogP contribution in [0.1, 0.15) is 33.1 Å². The van der Waals surface area contributed by atoms with Crippen molar-refractivity contribution < 1.29 is 9.59 Å². The highest BCUT2D eigenvalue weighted by Crippen LogP contribution is 2.06. The Hall–Kier alpha value is -0.770. The number of carbonyl (C=O) groups excluding carboxylic acids is 2. The fourth-order valence-corrected chi connectivity index (χ4v) is 1.54. The van der Waals surface area contributed by atoms with Gasteiger partial charge in [-0.2, -0.15) is 0 Å². The first-order chi connectivity index (χ1) is 7.65. The Morgan fingerprint density at radius 1 is 1.12 bits per heavy atom. The number of rotatable bonds is 8. The van der Waals surface area contributed by atoms with Crippen molar-refractivity contribution in [2.45, 2.75) is 33.1 Å². The monoisotopic (exact) mass is 248 g/mol. The van der Waals surface area contributed by atoms with E-state index in [1.165, 1.54) is 0 Å². The molecule has 0 aromatic carbocycles. The van der Waals surface area contributed by atoms with E-state index in [1.54, 1.807) is 0 Å². The molecule has 0 aliphatic rings. The second-order valence-electron chi connectivity index (χ2n) is 3.59. The van der Waals surface area contributed by atoms with E-state index in [9.17, 15) is 9.59 Å². The lowest BCUT2D eigenvalue weighted by atomic mass is 10.0. The molecule has 0 unspecified atom stereocenters. The van der Waals surface area contributed by atoms with Crippen molar-refractivity contribution in [1.82, 2.24) is 10.6 Å². The van der Waals surface area contributed by atoms with Crippen LogP contribution in [0.3, 0.4) is 0 Å². The smallest absolute Gasteiger partial charge is 0.223 e. The summed E-state index contributed by atoms with van der Waals surface area (Å²) in [5.41, 5.74) is 0. The van der Waals surface area contributed by atoms with Crippen molar-refractivity contribution in [3.63, 3.8) is 0 Å². The van der Waals surface area contributed by atoms with Crippen molar-refractivity contribution in [3.8, 4) is 0 Å². The Morgan fingerprint density at radius 3 is 2.19 bits per heavy atom. The van der Waals surface area contributed by atoms with Gasteiger partial charge >= 0.3 is 0 Å². The minimum atomic E-state index is -0.0771. The van der Waals surface area contributed by atoms with Crippen LogP contribution in [0, 0.1) is 5.92 Å². The molecule has 0 radical (unpaired) electrons. The third-order valence-corrected chi connectivity index (χ3v) is 2.61. The fourth-order valence-electron chi connectivity index (χ4n) is 1.37. The van der Waals surface area contributed by atoms with E-state index in [-0.39, 0.29) is 17.7 Å². The Bertz CT molecular complexity index is 218. The molecule has 0 bridgehead atoms. The van der Waals surface area contributed by atoms with Crippen LogP contribution >= 0.6 is 11.6 Å². The lowest BCUT2D eigenvalue weighted by molar-refractivity contribution is -0.125. The molecule has 0 rings (SSSR count). The summed E-state index contributed by atoms with van der Waals surface area (Å²) in [5, 5.41) is 5.47. The molecular formula is C11H21ClN2O2. The van der Waals surface area contributed by atoms with Gasteiger partial charge in [0.2, 0.25) is 11.8 Å². The van der Waals surface area contributed by atoms with Gasteiger partial charge in [0.05, 0.1) is 0 Å². The topological polar surface area (TPSA) is 58.2 Å². The first-order valence-corrected chi connectivity index (χ1v) is 6.29. The molecule has 0 saturated heterocycles. The van der Waals surface area contributed by atoms with Gasteiger partial charge in [-0.15, -0.1) is 11.6 Å². The van der Waals surface area contributed by atoms with Gasteiger partial charge < -0.3 is 10.6 Å². The quantitative estimate of drug-likeness (QED) is 0.502. The summed E-state index contributed by atoms with van der Waals surface area (Å²) in [4.78, 5) is 22.6. The van der Waals surface area contributed by atoms with E-state index in [0.717, 1.165) is 12.8 Å². The molecule has 2 N–H and O–H groups in total. The highest BCUT2D eigenvalue weighted by Gasteiger charge is 2.12.